The molecule has 0 bridgehead atoms. The van der Waals surface area contributed by atoms with E-state index in [1.54, 1.807) is 12.4 Å². The molecule has 1 aromatic rings. The van der Waals surface area contributed by atoms with Gasteiger partial charge in [0.15, 0.2) is 5.96 Å². The summed E-state index contributed by atoms with van der Waals surface area (Å²) >= 11 is 2.05. The number of nitrogens with two attached hydrogens (primary N) is 1. The molecule has 2 N–H and O–H groups in total. The summed E-state index contributed by atoms with van der Waals surface area (Å²) in [5, 5.41) is 0. The van der Waals surface area contributed by atoms with Crippen molar-refractivity contribution in [1.82, 2.24) is 14.9 Å². The van der Waals surface area contributed by atoms with Crippen LogP contribution in [0.3, 0.4) is 0 Å². The Hall–Kier alpha value is -1.50. The summed E-state index contributed by atoms with van der Waals surface area (Å²) in [6.45, 7) is 4.43. The predicted octanol–water partition coefficient (Wildman–Crippen LogP) is 1.06. The van der Waals surface area contributed by atoms with Gasteiger partial charge < -0.3 is 15.5 Å². The Morgan fingerprint density at radius 3 is 2.55 bits per heavy atom. The molecule has 1 aromatic heterocycles. The molecule has 2 aliphatic rings. The van der Waals surface area contributed by atoms with Gasteiger partial charge in [-0.15, -0.1) is 0 Å². The van der Waals surface area contributed by atoms with Crippen molar-refractivity contribution < 1.29 is 0 Å². The molecule has 7 heteroatoms. The highest BCUT2D eigenvalue weighted by molar-refractivity contribution is 7.99. The van der Waals surface area contributed by atoms with Crippen LogP contribution in [0.1, 0.15) is 12.8 Å². The molecule has 0 amide bonds. The van der Waals surface area contributed by atoms with Crippen LogP contribution in [-0.4, -0.2) is 65.1 Å². The second-order valence-electron chi connectivity index (χ2n) is 5.78. The summed E-state index contributed by atoms with van der Waals surface area (Å²) in [5.74, 6) is 4.77. The van der Waals surface area contributed by atoms with Crippen molar-refractivity contribution in [2.75, 3.05) is 49.1 Å². The van der Waals surface area contributed by atoms with E-state index in [1.165, 1.54) is 24.3 Å². The summed E-state index contributed by atoms with van der Waals surface area (Å²) in [5.41, 5.74) is 6.17. The molecule has 2 saturated heterocycles. The Kier molecular flexibility index (Phi) is 5.37. The second kappa shape index (κ2) is 7.67. The average molecular weight is 320 g/mol. The van der Waals surface area contributed by atoms with Crippen LogP contribution in [0.15, 0.2) is 23.5 Å². The number of anilines is 1. The molecule has 2 fully saturated rings. The van der Waals surface area contributed by atoms with Crippen LogP contribution in [-0.2, 0) is 0 Å². The van der Waals surface area contributed by atoms with Crippen molar-refractivity contribution in [2.45, 2.75) is 12.8 Å². The maximum Gasteiger partial charge on any atom is 0.225 e. The number of thioether (sulfide) groups is 1. The van der Waals surface area contributed by atoms with Crippen LogP contribution >= 0.6 is 11.8 Å². The quantitative estimate of drug-likeness (QED) is 0.663. The van der Waals surface area contributed by atoms with Crippen LogP contribution < -0.4 is 10.6 Å². The van der Waals surface area contributed by atoms with Gasteiger partial charge in [-0.05, 0) is 36.3 Å². The van der Waals surface area contributed by atoms with Crippen molar-refractivity contribution in [2.24, 2.45) is 16.6 Å². The Morgan fingerprint density at radius 2 is 1.86 bits per heavy atom. The first-order valence-corrected chi connectivity index (χ1v) is 9.13. The van der Waals surface area contributed by atoms with Gasteiger partial charge in [0.25, 0.3) is 0 Å². The third-order valence-corrected chi connectivity index (χ3v) is 5.34. The minimum Gasteiger partial charge on any atom is -0.370 e. The van der Waals surface area contributed by atoms with E-state index in [-0.39, 0.29) is 0 Å². The minimum absolute atomic E-state index is 0.701. The molecule has 3 heterocycles. The molecule has 0 atom stereocenters. The molecule has 0 spiro atoms. The number of guanidine groups is 1. The lowest BCUT2D eigenvalue weighted by Crippen LogP contribution is -2.51. The van der Waals surface area contributed by atoms with E-state index in [4.69, 9.17) is 5.73 Å². The molecule has 3 rings (SSSR count). The normalized spacial score (nSPS) is 21.2. The molecule has 0 radical (unpaired) electrons. The summed E-state index contributed by atoms with van der Waals surface area (Å²) in [7, 11) is 0. The van der Waals surface area contributed by atoms with Crippen molar-refractivity contribution in [3.63, 3.8) is 0 Å². The molecule has 0 aromatic carbocycles. The zero-order valence-electron chi connectivity index (χ0n) is 12.9. The molecular weight excluding hydrogens is 296 g/mol. The van der Waals surface area contributed by atoms with Crippen LogP contribution in [0.25, 0.3) is 0 Å². The van der Waals surface area contributed by atoms with Crippen LogP contribution in [0.2, 0.25) is 0 Å². The lowest BCUT2D eigenvalue weighted by Gasteiger charge is -2.35. The van der Waals surface area contributed by atoms with Crippen LogP contribution in [0.4, 0.5) is 5.95 Å². The maximum atomic E-state index is 6.17. The predicted molar refractivity (Wildman–Crippen MR) is 92.4 cm³/mol. The molecular formula is C15H24N6S. The van der Waals surface area contributed by atoms with E-state index in [0.29, 0.717) is 5.96 Å². The van der Waals surface area contributed by atoms with E-state index >= 15 is 0 Å². The summed E-state index contributed by atoms with van der Waals surface area (Å²) in [6.07, 6.45) is 6.13. The summed E-state index contributed by atoms with van der Waals surface area (Å²) < 4.78 is 0. The Balaban J connectivity index is 1.48. The third kappa shape index (κ3) is 4.03. The molecule has 120 valence electrons. The Labute approximate surface area is 136 Å². The number of hydrogen-bond donors (Lipinski definition) is 1. The minimum atomic E-state index is 0.701. The summed E-state index contributed by atoms with van der Waals surface area (Å²) in [4.78, 5) is 17.6. The zero-order chi connectivity index (χ0) is 15.2. The number of aliphatic imine (C=N–C) groups is 1. The first-order chi connectivity index (χ1) is 10.8. The number of hydrogen-bond acceptors (Lipinski definition) is 5. The zero-order valence-corrected chi connectivity index (χ0v) is 13.7. The van der Waals surface area contributed by atoms with Crippen molar-refractivity contribution >= 4 is 23.7 Å². The van der Waals surface area contributed by atoms with Gasteiger partial charge in [-0.3, -0.25) is 4.99 Å². The highest BCUT2D eigenvalue weighted by atomic mass is 32.2. The van der Waals surface area contributed by atoms with E-state index in [9.17, 15) is 0 Å². The van der Waals surface area contributed by atoms with Gasteiger partial charge in [0, 0.05) is 45.1 Å². The van der Waals surface area contributed by atoms with Crippen molar-refractivity contribution in [3.05, 3.63) is 18.5 Å². The van der Waals surface area contributed by atoms with Crippen molar-refractivity contribution in [1.29, 1.82) is 0 Å². The van der Waals surface area contributed by atoms with Gasteiger partial charge in [-0.25, -0.2) is 9.97 Å². The van der Waals surface area contributed by atoms with E-state index in [0.717, 1.165) is 44.6 Å². The van der Waals surface area contributed by atoms with Gasteiger partial charge >= 0.3 is 0 Å². The lowest BCUT2D eigenvalue weighted by molar-refractivity contribution is 0.376. The first kappa shape index (κ1) is 15.4. The molecule has 0 unspecified atom stereocenters. The summed E-state index contributed by atoms with van der Waals surface area (Å²) in [6, 6.07) is 1.84. The highest BCUT2D eigenvalue weighted by Crippen LogP contribution is 2.22. The average Bonchev–Trinajstić information content (AvgIpc) is 2.61. The topological polar surface area (TPSA) is 70.6 Å². The SMILES string of the molecule is NC(=NCC1CCSCC1)N1CCN(c2ncccn2)CC1. The lowest BCUT2D eigenvalue weighted by atomic mass is 10.0. The smallest absolute Gasteiger partial charge is 0.225 e. The number of rotatable bonds is 3. The highest BCUT2D eigenvalue weighted by Gasteiger charge is 2.20. The fourth-order valence-corrected chi connectivity index (χ4v) is 4.05. The van der Waals surface area contributed by atoms with Gasteiger partial charge in [-0.2, -0.15) is 11.8 Å². The van der Waals surface area contributed by atoms with Gasteiger partial charge in [0.2, 0.25) is 5.95 Å². The molecule has 0 saturated carbocycles. The van der Waals surface area contributed by atoms with Crippen molar-refractivity contribution in [3.8, 4) is 0 Å². The molecule has 2 aliphatic heterocycles. The first-order valence-electron chi connectivity index (χ1n) is 7.97. The van der Waals surface area contributed by atoms with Gasteiger partial charge in [-0.1, -0.05) is 0 Å². The maximum absolute atomic E-state index is 6.17. The second-order valence-corrected chi connectivity index (χ2v) is 7.00. The number of aromatic nitrogens is 2. The van der Waals surface area contributed by atoms with E-state index in [1.807, 2.05) is 6.07 Å². The van der Waals surface area contributed by atoms with Gasteiger partial charge in [0.05, 0.1) is 0 Å². The Bertz CT molecular complexity index is 480. The van der Waals surface area contributed by atoms with Gasteiger partial charge in [0.1, 0.15) is 0 Å². The van der Waals surface area contributed by atoms with Crippen LogP contribution in [0.5, 0.6) is 0 Å². The fraction of sp³-hybridized carbons (Fsp3) is 0.667. The molecule has 6 nitrogen and oxygen atoms in total. The molecule has 0 aliphatic carbocycles. The van der Waals surface area contributed by atoms with E-state index in [2.05, 4.69) is 36.5 Å². The van der Waals surface area contributed by atoms with E-state index < -0.39 is 0 Å². The largest absolute Gasteiger partial charge is 0.370 e. The number of nitrogens with zero attached hydrogens (tertiary/aromatic N) is 5. The number of piperazine rings is 1. The Morgan fingerprint density at radius 1 is 1.18 bits per heavy atom. The monoisotopic (exact) mass is 320 g/mol. The third-order valence-electron chi connectivity index (χ3n) is 4.29. The standard InChI is InChI=1S/C15H24N6S/c16-14(19-12-13-2-10-22-11-3-13)20-6-8-21(9-7-20)15-17-4-1-5-18-15/h1,4-5,13H,2-3,6-12H2,(H2,16,19). The fourth-order valence-electron chi connectivity index (χ4n) is 2.84. The van der Waals surface area contributed by atoms with Crippen LogP contribution in [0, 0.1) is 5.92 Å². The molecule has 22 heavy (non-hydrogen) atoms.